The molecule has 0 bridgehead atoms. The highest BCUT2D eigenvalue weighted by atomic mass is 32.2. The van der Waals surface area contributed by atoms with Crippen LogP contribution in [0.15, 0.2) is 30.5 Å². The first kappa shape index (κ1) is 50.4. The minimum atomic E-state index is -5.57. The van der Waals surface area contributed by atoms with E-state index in [-0.39, 0.29) is 48.0 Å². The van der Waals surface area contributed by atoms with Crippen LogP contribution in [0, 0.1) is 5.41 Å². The molecule has 3 rings (SSSR count). The SMILES string of the molecule is CCCCCC=C=CCC(=O)SCCNC(=O)CCNC(=O)[C@H](O)C(C)(C)COP(=O)(O)OP(=O)(O)OC[C@H]1O[C@@H](n2cnc3c(N)ncnc32)[C@H](O)[C@@H]1OP(=O)(O)O. The number of unbranched alkanes of at least 4 members (excludes halogenated alkanes) is 3. The van der Waals surface area contributed by atoms with E-state index in [1.807, 2.05) is 6.08 Å². The summed E-state index contributed by atoms with van der Waals surface area (Å²) in [5.41, 5.74) is 7.24. The number of nitrogens with one attached hydrogen (secondary N) is 2. The Labute approximate surface area is 342 Å². The number of phosphoric acid groups is 3. The van der Waals surface area contributed by atoms with Crippen LogP contribution in [-0.4, -0.2) is 123 Å². The van der Waals surface area contributed by atoms with Gasteiger partial charge >= 0.3 is 23.5 Å². The third-order valence-corrected chi connectivity index (χ3v) is 12.2. The van der Waals surface area contributed by atoms with E-state index in [0.29, 0.717) is 5.75 Å². The van der Waals surface area contributed by atoms with E-state index in [2.05, 4.69) is 47.1 Å². The van der Waals surface area contributed by atoms with E-state index in [1.54, 1.807) is 6.08 Å². The second-order valence-corrected chi connectivity index (χ2v) is 19.0. The molecule has 24 nitrogen and oxygen atoms in total. The second kappa shape index (κ2) is 22.8. The molecule has 2 amide bonds. The number of thioether (sulfide) groups is 1. The Kier molecular flexibility index (Phi) is 19.5. The van der Waals surface area contributed by atoms with Gasteiger partial charge in [0.1, 0.15) is 36.3 Å². The number of amides is 2. The minimum absolute atomic E-state index is 0.0301. The predicted molar refractivity (Wildman–Crippen MR) is 209 cm³/mol. The van der Waals surface area contributed by atoms with Gasteiger partial charge in [0.05, 0.1) is 19.5 Å². The van der Waals surface area contributed by atoms with Gasteiger partial charge < -0.3 is 50.9 Å². The normalized spacial score (nSPS) is 20.9. The molecule has 0 aliphatic carbocycles. The third kappa shape index (κ3) is 16.8. The Morgan fingerprint density at radius 1 is 1.07 bits per heavy atom. The summed E-state index contributed by atoms with van der Waals surface area (Å²) < 4.78 is 62.2. The van der Waals surface area contributed by atoms with Gasteiger partial charge in [0.25, 0.3) is 0 Å². The molecule has 7 atom stereocenters. The van der Waals surface area contributed by atoms with Crippen molar-refractivity contribution in [1.29, 1.82) is 0 Å². The summed E-state index contributed by atoms with van der Waals surface area (Å²) in [4.78, 5) is 87.7. The zero-order chi connectivity index (χ0) is 44.0. The van der Waals surface area contributed by atoms with Gasteiger partial charge in [-0.1, -0.05) is 45.4 Å². The molecule has 28 heteroatoms. The van der Waals surface area contributed by atoms with E-state index >= 15 is 0 Å². The average Bonchev–Trinajstić information content (AvgIpc) is 3.71. The van der Waals surface area contributed by atoms with Crippen LogP contribution in [-0.2, 0) is 50.7 Å². The highest BCUT2D eigenvalue weighted by Gasteiger charge is 2.50. The average molecular weight is 918 g/mol. The second-order valence-electron chi connectivity index (χ2n) is 13.6. The summed E-state index contributed by atoms with van der Waals surface area (Å²) in [6, 6.07) is 0. The fourth-order valence-electron chi connectivity index (χ4n) is 5.16. The molecule has 1 aliphatic rings. The molecule has 332 valence electrons. The number of imidazole rings is 1. The van der Waals surface area contributed by atoms with Crippen LogP contribution < -0.4 is 16.4 Å². The number of aliphatic hydroxyl groups excluding tert-OH is 2. The van der Waals surface area contributed by atoms with Gasteiger partial charge in [-0.05, 0) is 25.0 Å². The number of anilines is 1. The summed E-state index contributed by atoms with van der Waals surface area (Å²) in [5.74, 6) is -1.12. The molecule has 2 aromatic rings. The van der Waals surface area contributed by atoms with Crippen LogP contribution in [0.3, 0.4) is 0 Å². The standard InChI is InChI=1S/C31H50N7O17P3S/c1-4-5-6-7-8-9-10-11-22(40)59-15-14-33-21(39)12-13-34-29(43)26(42)31(2,3)17-52-58(49,50)55-57(47,48)51-16-20-25(54-56(44,45)46)24(41)30(53-20)38-19-37-23-27(32)35-18-36-28(23)38/h8,10,18-20,24-26,30,41-42H,4-7,11-17H2,1-3H3,(H,33,39)(H,34,43)(H,47,48)(H,49,50)(H2,32,35,36)(H2,44,45,46)/t9?,20-,24-,25-,26+,30-/m1/s1. The van der Waals surface area contributed by atoms with Gasteiger partial charge in [-0.3, -0.25) is 32.5 Å². The first-order valence-electron chi connectivity index (χ1n) is 18.0. The van der Waals surface area contributed by atoms with Crippen molar-refractivity contribution in [3.63, 3.8) is 0 Å². The number of hydrogen-bond donors (Lipinski definition) is 9. The number of nitrogens with zero attached hydrogens (tertiary/aromatic N) is 4. The fraction of sp³-hybridized carbons (Fsp3) is 0.645. The zero-order valence-electron chi connectivity index (χ0n) is 32.3. The Balaban J connectivity index is 1.44. The van der Waals surface area contributed by atoms with Crippen molar-refractivity contribution >= 4 is 69.1 Å². The molecule has 10 N–H and O–H groups in total. The number of carbonyl (C=O) groups excluding carboxylic acids is 3. The Hall–Kier alpha value is -2.92. The smallest absolute Gasteiger partial charge is 0.386 e. The number of rotatable bonds is 25. The van der Waals surface area contributed by atoms with E-state index in [0.717, 1.165) is 54.7 Å². The minimum Gasteiger partial charge on any atom is -0.386 e. The molecule has 2 unspecified atom stereocenters. The van der Waals surface area contributed by atoms with Crippen LogP contribution in [0.4, 0.5) is 5.82 Å². The largest absolute Gasteiger partial charge is 0.481 e. The Morgan fingerprint density at radius 3 is 2.47 bits per heavy atom. The first-order chi connectivity index (χ1) is 27.6. The van der Waals surface area contributed by atoms with Crippen molar-refractivity contribution in [2.75, 3.05) is 37.8 Å². The quantitative estimate of drug-likeness (QED) is 0.0385. The molecule has 2 aromatic heterocycles. The highest BCUT2D eigenvalue weighted by molar-refractivity contribution is 8.13. The number of ether oxygens (including phenoxy) is 1. The van der Waals surface area contributed by atoms with Gasteiger partial charge in [0.15, 0.2) is 22.8 Å². The molecule has 59 heavy (non-hydrogen) atoms. The number of nitrogen functional groups attached to an aromatic ring is 1. The maximum atomic E-state index is 12.7. The monoisotopic (exact) mass is 917 g/mol. The number of hydrogen-bond acceptors (Lipinski definition) is 18. The van der Waals surface area contributed by atoms with Crippen LogP contribution in [0.2, 0.25) is 0 Å². The number of phosphoric ester groups is 3. The van der Waals surface area contributed by atoms with E-state index in [4.69, 9.17) is 19.5 Å². The molecule has 0 radical (unpaired) electrons. The number of nitrogens with two attached hydrogens (primary N) is 1. The number of allylic oxidation sites excluding steroid dienone is 1. The summed E-state index contributed by atoms with van der Waals surface area (Å²) >= 11 is 1.06. The molecule has 3 heterocycles. The van der Waals surface area contributed by atoms with Crippen molar-refractivity contribution < 1.29 is 80.5 Å². The maximum Gasteiger partial charge on any atom is 0.481 e. The summed E-state index contributed by atoms with van der Waals surface area (Å²) in [7, 11) is -16.4. The maximum absolute atomic E-state index is 12.7. The van der Waals surface area contributed by atoms with Crippen molar-refractivity contribution in [2.24, 2.45) is 5.41 Å². The van der Waals surface area contributed by atoms with Crippen LogP contribution in [0.25, 0.3) is 11.2 Å². The zero-order valence-corrected chi connectivity index (χ0v) is 35.8. The topological polar surface area (TPSA) is 364 Å². The van der Waals surface area contributed by atoms with E-state index in [9.17, 15) is 57.9 Å². The van der Waals surface area contributed by atoms with Gasteiger partial charge in [-0.15, -0.1) is 5.73 Å². The predicted octanol–water partition coefficient (Wildman–Crippen LogP) is 1.35. The molecule has 0 spiro atoms. The number of fused-ring (bicyclic) bond motifs is 1. The van der Waals surface area contributed by atoms with Gasteiger partial charge in [0.2, 0.25) is 11.8 Å². The first-order valence-corrected chi connectivity index (χ1v) is 23.5. The molecular weight excluding hydrogens is 867 g/mol. The lowest BCUT2D eigenvalue weighted by molar-refractivity contribution is -0.137. The third-order valence-electron chi connectivity index (χ3n) is 8.22. The highest BCUT2D eigenvalue weighted by Crippen LogP contribution is 2.61. The Morgan fingerprint density at radius 2 is 1.78 bits per heavy atom. The summed E-state index contributed by atoms with van der Waals surface area (Å²) in [5, 5.41) is 26.3. The van der Waals surface area contributed by atoms with Crippen molar-refractivity contribution in [3.8, 4) is 0 Å². The van der Waals surface area contributed by atoms with Crippen molar-refractivity contribution in [3.05, 3.63) is 30.5 Å². The van der Waals surface area contributed by atoms with E-state index < -0.39 is 84.6 Å². The number of aromatic nitrogens is 4. The molecule has 1 fully saturated rings. The number of aliphatic hydroxyl groups is 2. The van der Waals surface area contributed by atoms with Crippen LogP contribution in [0.1, 0.15) is 65.5 Å². The number of carbonyl (C=O) groups is 3. The van der Waals surface area contributed by atoms with Gasteiger partial charge in [-0.25, -0.2) is 28.6 Å². The van der Waals surface area contributed by atoms with Crippen molar-refractivity contribution in [1.82, 2.24) is 30.2 Å². The van der Waals surface area contributed by atoms with Crippen LogP contribution in [0.5, 0.6) is 0 Å². The molecule has 0 saturated carbocycles. The van der Waals surface area contributed by atoms with Gasteiger partial charge in [0, 0.05) is 37.1 Å². The Bertz CT molecular complexity index is 1960. The molecule has 0 aromatic carbocycles. The fourth-order valence-corrected chi connectivity index (χ4v) is 8.62. The summed E-state index contributed by atoms with van der Waals surface area (Å²) in [6.07, 6.45) is 1.09. The lowest BCUT2D eigenvalue weighted by Gasteiger charge is -2.30. The molecule has 1 aliphatic heterocycles. The molecule has 1 saturated heterocycles. The van der Waals surface area contributed by atoms with Gasteiger partial charge in [-0.2, -0.15) is 4.31 Å². The lowest BCUT2D eigenvalue weighted by Crippen LogP contribution is -2.46. The van der Waals surface area contributed by atoms with E-state index in [1.165, 1.54) is 13.8 Å². The lowest BCUT2D eigenvalue weighted by atomic mass is 9.87. The molecular formula is C31H50N7O17P3S. The summed E-state index contributed by atoms with van der Waals surface area (Å²) in [6.45, 7) is 2.60. The van der Waals surface area contributed by atoms with Crippen LogP contribution >= 0.6 is 35.2 Å². The van der Waals surface area contributed by atoms with Crippen molar-refractivity contribution in [2.45, 2.75) is 89.9 Å².